The fourth-order valence-electron chi connectivity index (χ4n) is 1.81. The molecule has 0 aliphatic heterocycles. The van der Waals surface area contributed by atoms with E-state index in [9.17, 15) is 13.2 Å². The third-order valence-corrected chi connectivity index (χ3v) is 2.71. The van der Waals surface area contributed by atoms with Crippen LogP contribution in [0.4, 0.5) is 24.7 Å². The van der Waals surface area contributed by atoms with E-state index in [1.54, 1.807) is 12.3 Å². The summed E-state index contributed by atoms with van der Waals surface area (Å²) in [7, 11) is 3.75. The zero-order chi connectivity index (χ0) is 14.5. The maximum absolute atomic E-state index is 12.1. The van der Waals surface area contributed by atoms with Gasteiger partial charge in [0.1, 0.15) is 0 Å². The highest BCUT2D eigenvalue weighted by atomic mass is 19.4. The van der Waals surface area contributed by atoms with Crippen LogP contribution in [0.1, 0.15) is 26.2 Å². The van der Waals surface area contributed by atoms with Gasteiger partial charge in [0.2, 0.25) is 0 Å². The second-order valence-corrected chi connectivity index (χ2v) is 4.82. The fourth-order valence-corrected chi connectivity index (χ4v) is 1.81. The molecule has 108 valence electrons. The summed E-state index contributed by atoms with van der Waals surface area (Å²) in [5.74, 6) is 0.783. The smallest absolute Gasteiger partial charge is 0.380 e. The molecule has 0 fully saturated rings. The Balaban J connectivity index is 2.51. The van der Waals surface area contributed by atoms with Crippen molar-refractivity contribution in [2.24, 2.45) is 0 Å². The summed E-state index contributed by atoms with van der Waals surface area (Å²) in [4.78, 5) is 6.10. The lowest BCUT2D eigenvalue weighted by molar-refractivity contribution is -0.135. The van der Waals surface area contributed by atoms with E-state index < -0.39 is 12.6 Å². The molecule has 0 radical (unpaired) electrons. The molecule has 3 nitrogen and oxygen atoms in total. The summed E-state index contributed by atoms with van der Waals surface area (Å²) in [6.45, 7) is 1.88. The number of aromatic nitrogens is 1. The van der Waals surface area contributed by atoms with E-state index in [4.69, 9.17) is 0 Å². The van der Waals surface area contributed by atoms with Crippen molar-refractivity contribution in [3.8, 4) is 0 Å². The van der Waals surface area contributed by atoms with Crippen molar-refractivity contribution in [1.29, 1.82) is 0 Å². The molecule has 0 aliphatic rings. The molecule has 1 aromatic heterocycles. The molecular weight excluding hydrogens is 255 g/mol. The number of halogens is 3. The van der Waals surface area contributed by atoms with Crippen LogP contribution in [0.2, 0.25) is 0 Å². The first-order valence-electron chi connectivity index (χ1n) is 6.25. The van der Waals surface area contributed by atoms with Crippen LogP contribution in [0.3, 0.4) is 0 Å². The molecule has 0 saturated carbocycles. The van der Waals surface area contributed by atoms with Crippen molar-refractivity contribution in [1.82, 2.24) is 4.98 Å². The lowest BCUT2D eigenvalue weighted by Crippen LogP contribution is -2.20. The Bertz CT molecular complexity index is 391. The van der Waals surface area contributed by atoms with Gasteiger partial charge in [0, 0.05) is 32.8 Å². The molecule has 1 unspecified atom stereocenters. The molecule has 0 aliphatic carbocycles. The van der Waals surface area contributed by atoms with Gasteiger partial charge in [-0.2, -0.15) is 13.2 Å². The van der Waals surface area contributed by atoms with Gasteiger partial charge in [-0.3, -0.25) is 0 Å². The van der Waals surface area contributed by atoms with Gasteiger partial charge in [0.15, 0.2) is 5.82 Å². The summed E-state index contributed by atoms with van der Waals surface area (Å²) < 4.78 is 36.2. The normalized spacial score (nSPS) is 13.2. The third-order valence-electron chi connectivity index (χ3n) is 2.71. The minimum atomic E-state index is -4.07. The minimum Gasteiger partial charge on any atom is -0.380 e. The van der Waals surface area contributed by atoms with Gasteiger partial charge in [0.25, 0.3) is 0 Å². The van der Waals surface area contributed by atoms with Crippen molar-refractivity contribution < 1.29 is 13.2 Å². The number of pyridine rings is 1. The largest absolute Gasteiger partial charge is 0.389 e. The number of alkyl halides is 3. The Morgan fingerprint density at radius 3 is 2.63 bits per heavy atom. The van der Waals surface area contributed by atoms with Gasteiger partial charge < -0.3 is 10.2 Å². The van der Waals surface area contributed by atoms with Crippen LogP contribution in [0.25, 0.3) is 0 Å². The van der Waals surface area contributed by atoms with Crippen molar-refractivity contribution in [2.75, 3.05) is 24.3 Å². The van der Waals surface area contributed by atoms with Gasteiger partial charge in [-0.15, -0.1) is 0 Å². The molecule has 1 rings (SSSR count). The fraction of sp³-hybridized carbons (Fsp3) is 0.615. The zero-order valence-electron chi connectivity index (χ0n) is 11.5. The molecule has 1 aromatic rings. The third kappa shape index (κ3) is 5.81. The average molecular weight is 275 g/mol. The zero-order valence-corrected chi connectivity index (χ0v) is 11.5. The van der Waals surface area contributed by atoms with Gasteiger partial charge >= 0.3 is 6.18 Å². The highest BCUT2D eigenvalue weighted by Crippen LogP contribution is 2.25. The Labute approximate surface area is 111 Å². The number of nitrogens with one attached hydrogen (secondary N) is 1. The molecule has 1 heterocycles. The summed E-state index contributed by atoms with van der Waals surface area (Å²) in [5.41, 5.74) is 0.840. The first-order valence-corrected chi connectivity index (χ1v) is 6.25. The van der Waals surface area contributed by atoms with E-state index in [-0.39, 0.29) is 12.5 Å². The molecule has 0 saturated heterocycles. The monoisotopic (exact) mass is 275 g/mol. The number of rotatable bonds is 6. The van der Waals surface area contributed by atoms with Crippen molar-refractivity contribution in [3.63, 3.8) is 0 Å². The molecule has 19 heavy (non-hydrogen) atoms. The summed E-state index contributed by atoms with van der Waals surface area (Å²) in [6.07, 6.45) is -2.50. The van der Waals surface area contributed by atoms with E-state index in [1.165, 1.54) is 0 Å². The van der Waals surface area contributed by atoms with Gasteiger partial charge in [0.05, 0.1) is 5.69 Å². The molecule has 0 amide bonds. The molecule has 1 N–H and O–H groups in total. The van der Waals surface area contributed by atoms with E-state index in [0.717, 1.165) is 11.5 Å². The highest BCUT2D eigenvalue weighted by molar-refractivity contribution is 5.64. The van der Waals surface area contributed by atoms with Crippen molar-refractivity contribution in [3.05, 3.63) is 18.3 Å². The average Bonchev–Trinajstić information content (AvgIpc) is 2.27. The van der Waals surface area contributed by atoms with Crippen molar-refractivity contribution >= 4 is 11.5 Å². The number of hydrogen-bond donors (Lipinski definition) is 1. The second-order valence-electron chi connectivity index (χ2n) is 4.82. The van der Waals surface area contributed by atoms with Crippen LogP contribution in [-0.2, 0) is 0 Å². The molecule has 0 spiro atoms. The SMILES string of the molecule is CC(CCCC(F)(F)F)Nc1cccnc1N(C)C. The molecular formula is C13H20F3N3. The minimum absolute atomic E-state index is 0.0229. The van der Waals surface area contributed by atoms with Crippen LogP contribution in [0.5, 0.6) is 0 Å². The Hall–Kier alpha value is -1.46. The van der Waals surface area contributed by atoms with E-state index in [0.29, 0.717) is 6.42 Å². The molecule has 0 aromatic carbocycles. The highest BCUT2D eigenvalue weighted by Gasteiger charge is 2.26. The summed E-state index contributed by atoms with van der Waals surface area (Å²) >= 11 is 0. The number of anilines is 2. The first kappa shape index (κ1) is 15.6. The standard InChI is InChI=1S/C13H20F3N3/c1-10(6-4-8-13(14,15)16)18-11-7-5-9-17-12(11)19(2)3/h5,7,9-10,18H,4,6,8H2,1-3H3. The number of nitrogens with zero attached hydrogens (tertiary/aromatic N) is 2. The first-order chi connectivity index (χ1) is 8.79. The summed E-state index contributed by atoms with van der Waals surface area (Å²) in [5, 5.41) is 3.21. The summed E-state index contributed by atoms with van der Waals surface area (Å²) in [6, 6.07) is 3.66. The van der Waals surface area contributed by atoms with Crippen LogP contribution in [-0.4, -0.2) is 31.3 Å². The molecule has 6 heteroatoms. The van der Waals surface area contributed by atoms with E-state index in [2.05, 4.69) is 10.3 Å². The van der Waals surface area contributed by atoms with Crippen LogP contribution >= 0.6 is 0 Å². The maximum Gasteiger partial charge on any atom is 0.389 e. The lowest BCUT2D eigenvalue weighted by atomic mass is 10.1. The lowest BCUT2D eigenvalue weighted by Gasteiger charge is -2.20. The number of hydrogen-bond acceptors (Lipinski definition) is 3. The topological polar surface area (TPSA) is 28.2 Å². The van der Waals surface area contributed by atoms with E-state index >= 15 is 0 Å². The van der Waals surface area contributed by atoms with Crippen LogP contribution < -0.4 is 10.2 Å². The molecule has 1 atom stereocenters. The maximum atomic E-state index is 12.1. The molecule has 0 bridgehead atoms. The van der Waals surface area contributed by atoms with Crippen LogP contribution in [0, 0.1) is 0 Å². The Morgan fingerprint density at radius 2 is 2.05 bits per heavy atom. The Kier molecular flexibility index (Phi) is 5.44. The van der Waals surface area contributed by atoms with Crippen LogP contribution in [0.15, 0.2) is 18.3 Å². The Morgan fingerprint density at radius 1 is 1.37 bits per heavy atom. The van der Waals surface area contributed by atoms with E-state index in [1.807, 2.05) is 32.0 Å². The predicted octanol–water partition coefficient (Wildman–Crippen LogP) is 3.68. The predicted molar refractivity (Wildman–Crippen MR) is 71.6 cm³/mol. The van der Waals surface area contributed by atoms with Crippen molar-refractivity contribution in [2.45, 2.75) is 38.4 Å². The van der Waals surface area contributed by atoms with Gasteiger partial charge in [-0.1, -0.05) is 0 Å². The quantitative estimate of drug-likeness (QED) is 0.858. The second kappa shape index (κ2) is 6.63. The van der Waals surface area contributed by atoms with Gasteiger partial charge in [-0.25, -0.2) is 4.98 Å². The van der Waals surface area contributed by atoms with Gasteiger partial charge in [-0.05, 0) is 31.9 Å².